The molecule has 6 nitrogen and oxygen atoms in total. The summed E-state index contributed by atoms with van der Waals surface area (Å²) in [5.41, 5.74) is -0.282. The molecule has 114 valence electrons. The Morgan fingerprint density at radius 1 is 1.20 bits per heavy atom. The van der Waals surface area contributed by atoms with Gasteiger partial charge in [-0.15, -0.1) is 0 Å². The molecule has 0 aliphatic carbocycles. The number of likely N-dealkylation sites (tertiary alicyclic amines) is 1. The molecule has 6 heteroatoms. The minimum atomic E-state index is -0.746. The van der Waals surface area contributed by atoms with Crippen LogP contribution in [-0.4, -0.2) is 65.3 Å². The van der Waals surface area contributed by atoms with E-state index in [4.69, 9.17) is 9.84 Å². The Kier molecular flexibility index (Phi) is 4.52. The van der Waals surface area contributed by atoms with E-state index in [0.717, 1.165) is 12.8 Å². The molecule has 0 atom stereocenters. The standard InChI is InChI=1S/C14H24N2O4/c1-14(2)10-16(7-8-20-14)13(19)15-5-3-11(4-6-15)9-12(17)18/h11H,3-10H2,1-2H3,(H,17,18). The van der Waals surface area contributed by atoms with Gasteiger partial charge in [0, 0.05) is 26.1 Å². The van der Waals surface area contributed by atoms with Gasteiger partial charge in [-0.1, -0.05) is 0 Å². The van der Waals surface area contributed by atoms with Crippen molar-refractivity contribution in [3.05, 3.63) is 0 Å². The Balaban J connectivity index is 1.84. The van der Waals surface area contributed by atoms with Crippen LogP contribution in [0.15, 0.2) is 0 Å². The van der Waals surface area contributed by atoms with Gasteiger partial charge in [-0.05, 0) is 32.6 Å². The van der Waals surface area contributed by atoms with Crippen LogP contribution in [0.4, 0.5) is 4.79 Å². The SMILES string of the molecule is CC1(C)CN(C(=O)N2CCC(CC(=O)O)CC2)CCO1. The number of carboxylic acid groups (broad SMARTS) is 1. The third kappa shape index (κ3) is 3.85. The summed E-state index contributed by atoms with van der Waals surface area (Å²) < 4.78 is 5.62. The summed E-state index contributed by atoms with van der Waals surface area (Å²) in [7, 11) is 0. The smallest absolute Gasteiger partial charge is 0.320 e. The lowest BCUT2D eigenvalue weighted by Crippen LogP contribution is -2.55. The molecule has 0 aromatic rings. The van der Waals surface area contributed by atoms with Crippen LogP contribution in [0.5, 0.6) is 0 Å². The second-order valence-electron chi connectivity index (χ2n) is 6.34. The Bertz CT molecular complexity index is 375. The fraction of sp³-hybridized carbons (Fsp3) is 0.857. The lowest BCUT2D eigenvalue weighted by Gasteiger charge is -2.41. The fourth-order valence-electron chi connectivity index (χ4n) is 2.96. The molecule has 2 rings (SSSR count). The number of hydrogen-bond acceptors (Lipinski definition) is 3. The van der Waals surface area contributed by atoms with Crippen molar-refractivity contribution in [2.45, 2.75) is 38.7 Å². The second kappa shape index (κ2) is 5.99. The highest BCUT2D eigenvalue weighted by Crippen LogP contribution is 2.23. The quantitative estimate of drug-likeness (QED) is 0.832. The summed E-state index contributed by atoms with van der Waals surface area (Å²) in [6.07, 6.45) is 1.78. The molecule has 0 bridgehead atoms. The van der Waals surface area contributed by atoms with Crippen LogP contribution in [0, 0.1) is 5.92 Å². The van der Waals surface area contributed by atoms with Crippen molar-refractivity contribution in [2.75, 3.05) is 32.8 Å². The first-order chi connectivity index (χ1) is 9.37. The summed E-state index contributed by atoms with van der Waals surface area (Å²) in [6.45, 7) is 7.13. The average Bonchev–Trinajstić information content (AvgIpc) is 2.37. The molecule has 2 fully saturated rings. The van der Waals surface area contributed by atoms with Gasteiger partial charge in [-0.2, -0.15) is 0 Å². The van der Waals surface area contributed by atoms with E-state index >= 15 is 0 Å². The van der Waals surface area contributed by atoms with Crippen LogP contribution < -0.4 is 0 Å². The monoisotopic (exact) mass is 284 g/mol. The number of hydrogen-bond donors (Lipinski definition) is 1. The molecule has 2 amide bonds. The zero-order valence-corrected chi connectivity index (χ0v) is 12.3. The van der Waals surface area contributed by atoms with E-state index in [9.17, 15) is 9.59 Å². The van der Waals surface area contributed by atoms with Gasteiger partial charge in [-0.25, -0.2) is 4.79 Å². The van der Waals surface area contributed by atoms with Gasteiger partial charge < -0.3 is 19.6 Å². The number of rotatable bonds is 2. The number of morpholine rings is 1. The average molecular weight is 284 g/mol. The molecule has 0 unspecified atom stereocenters. The predicted octanol–water partition coefficient (Wildman–Crippen LogP) is 1.40. The van der Waals surface area contributed by atoms with E-state index < -0.39 is 5.97 Å². The van der Waals surface area contributed by atoms with Crippen molar-refractivity contribution in [3.63, 3.8) is 0 Å². The summed E-state index contributed by atoms with van der Waals surface area (Å²) in [5, 5.41) is 8.80. The number of carboxylic acids is 1. The number of amides is 2. The Morgan fingerprint density at radius 2 is 1.85 bits per heavy atom. The first-order valence-electron chi connectivity index (χ1n) is 7.27. The van der Waals surface area contributed by atoms with E-state index in [2.05, 4.69) is 0 Å². The summed E-state index contributed by atoms with van der Waals surface area (Å²) in [6, 6.07) is 0.0650. The van der Waals surface area contributed by atoms with Crippen LogP contribution in [0.2, 0.25) is 0 Å². The normalized spacial score (nSPS) is 23.7. The number of nitrogens with zero attached hydrogens (tertiary/aromatic N) is 2. The molecule has 0 aromatic heterocycles. The van der Waals surface area contributed by atoms with Gasteiger partial charge in [0.15, 0.2) is 0 Å². The zero-order valence-electron chi connectivity index (χ0n) is 12.3. The number of ether oxygens (including phenoxy) is 1. The second-order valence-corrected chi connectivity index (χ2v) is 6.34. The molecule has 2 aliphatic rings. The molecule has 0 radical (unpaired) electrons. The number of piperidine rings is 1. The van der Waals surface area contributed by atoms with Crippen LogP contribution in [0.1, 0.15) is 33.1 Å². The maximum Gasteiger partial charge on any atom is 0.320 e. The molecule has 0 spiro atoms. The molecule has 2 heterocycles. The van der Waals surface area contributed by atoms with Crippen molar-refractivity contribution in [1.82, 2.24) is 9.80 Å². The van der Waals surface area contributed by atoms with Crippen molar-refractivity contribution < 1.29 is 19.4 Å². The number of carbonyl (C=O) groups is 2. The Morgan fingerprint density at radius 3 is 2.40 bits per heavy atom. The molecule has 1 N–H and O–H groups in total. The fourth-order valence-corrected chi connectivity index (χ4v) is 2.96. The number of carbonyl (C=O) groups excluding carboxylic acids is 1. The van der Waals surface area contributed by atoms with Crippen molar-refractivity contribution in [1.29, 1.82) is 0 Å². The first kappa shape index (κ1) is 15.1. The summed E-state index contributed by atoms with van der Waals surface area (Å²) in [4.78, 5) is 26.8. The Hall–Kier alpha value is -1.30. The lowest BCUT2D eigenvalue weighted by molar-refractivity contribution is -0.138. The zero-order chi connectivity index (χ0) is 14.8. The van der Waals surface area contributed by atoms with E-state index in [-0.39, 0.29) is 24.0 Å². The third-order valence-corrected chi connectivity index (χ3v) is 4.04. The number of aliphatic carboxylic acids is 1. The topological polar surface area (TPSA) is 70.1 Å². The van der Waals surface area contributed by atoms with Gasteiger partial charge in [0.05, 0.1) is 18.8 Å². The molecule has 20 heavy (non-hydrogen) atoms. The number of urea groups is 1. The lowest BCUT2D eigenvalue weighted by atomic mass is 9.94. The highest BCUT2D eigenvalue weighted by atomic mass is 16.5. The molecule has 0 saturated carbocycles. The predicted molar refractivity (Wildman–Crippen MR) is 73.5 cm³/mol. The maximum atomic E-state index is 12.4. The van der Waals surface area contributed by atoms with E-state index in [0.29, 0.717) is 32.8 Å². The van der Waals surface area contributed by atoms with Gasteiger partial charge in [0.25, 0.3) is 0 Å². The van der Waals surface area contributed by atoms with Gasteiger partial charge in [0.1, 0.15) is 0 Å². The summed E-state index contributed by atoms with van der Waals surface area (Å²) >= 11 is 0. The van der Waals surface area contributed by atoms with Crippen LogP contribution in [-0.2, 0) is 9.53 Å². The highest BCUT2D eigenvalue weighted by molar-refractivity contribution is 5.75. The molecular weight excluding hydrogens is 260 g/mol. The highest BCUT2D eigenvalue weighted by Gasteiger charge is 2.33. The van der Waals surface area contributed by atoms with Crippen molar-refractivity contribution in [2.24, 2.45) is 5.92 Å². The van der Waals surface area contributed by atoms with Crippen molar-refractivity contribution >= 4 is 12.0 Å². The first-order valence-corrected chi connectivity index (χ1v) is 7.27. The van der Waals surface area contributed by atoms with Gasteiger partial charge >= 0.3 is 12.0 Å². The van der Waals surface area contributed by atoms with Crippen LogP contribution >= 0.6 is 0 Å². The third-order valence-electron chi connectivity index (χ3n) is 4.04. The molecular formula is C14H24N2O4. The molecule has 0 aromatic carbocycles. The molecule has 2 saturated heterocycles. The maximum absolute atomic E-state index is 12.4. The summed E-state index contributed by atoms with van der Waals surface area (Å²) in [5.74, 6) is -0.539. The van der Waals surface area contributed by atoms with E-state index in [1.165, 1.54) is 0 Å². The minimum absolute atomic E-state index is 0.0650. The van der Waals surface area contributed by atoms with Gasteiger partial charge in [-0.3, -0.25) is 4.79 Å². The minimum Gasteiger partial charge on any atom is -0.481 e. The van der Waals surface area contributed by atoms with Crippen molar-refractivity contribution in [3.8, 4) is 0 Å². The molecule has 2 aliphatic heterocycles. The van der Waals surface area contributed by atoms with Crippen LogP contribution in [0.25, 0.3) is 0 Å². The van der Waals surface area contributed by atoms with Gasteiger partial charge in [0.2, 0.25) is 0 Å². The Labute approximate surface area is 119 Å². The van der Waals surface area contributed by atoms with E-state index in [1.807, 2.05) is 23.6 Å². The van der Waals surface area contributed by atoms with Crippen LogP contribution in [0.3, 0.4) is 0 Å². The van der Waals surface area contributed by atoms with E-state index in [1.54, 1.807) is 0 Å². The largest absolute Gasteiger partial charge is 0.481 e.